The highest BCUT2D eigenvalue weighted by molar-refractivity contribution is 7.89. The molecule has 1 aliphatic rings. The van der Waals surface area contributed by atoms with Gasteiger partial charge in [-0.25, -0.2) is 17.5 Å². The third kappa shape index (κ3) is 4.28. The zero-order valence-corrected chi connectivity index (χ0v) is 15.3. The van der Waals surface area contributed by atoms with Crippen LogP contribution in [0.1, 0.15) is 29.5 Å². The summed E-state index contributed by atoms with van der Waals surface area (Å²) in [5.41, 5.74) is 3.05. The van der Waals surface area contributed by atoms with E-state index in [-0.39, 0.29) is 10.6 Å². The molecule has 26 heavy (non-hydrogen) atoms. The number of rotatable bonds is 5. The molecule has 0 unspecified atom stereocenters. The van der Waals surface area contributed by atoms with Gasteiger partial charge in [0.05, 0.1) is 17.1 Å². The van der Waals surface area contributed by atoms with Crippen LogP contribution in [0.3, 0.4) is 0 Å². The van der Waals surface area contributed by atoms with E-state index >= 15 is 0 Å². The van der Waals surface area contributed by atoms with Crippen molar-refractivity contribution in [2.45, 2.75) is 37.5 Å². The van der Waals surface area contributed by atoms with Crippen LogP contribution in [0.4, 0.5) is 10.1 Å². The lowest BCUT2D eigenvalue weighted by molar-refractivity contribution is -0.115. The SMILES string of the molecule is Cc1ccc(F)c(NC(=O)CNS(=O)(=O)c2ccc3c(c2)CCCC3)c1. The number of halogens is 1. The highest BCUT2D eigenvalue weighted by Gasteiger charge is 2.19. The van der Waals surface area contributed by atoms with Crippen LogP contribution in [0.15, 0.2) is 41.3 Å². The number of carbonyl (C=O) groups is 1. The third-order valence-electron chi connectivity index (χ3n) is 4.45. The van der Waals surface area contributed by atoms with Crippen LogP contribution in [0.25, 0.3) is 0 Å². The predicted octanol–water partition coefficient (Wildman–Crippen LogP) is 2.93. The number of amides is 1. The quantitative estimate of drug-likeness (QED) is 0.842. The molecule has 2 aromatic rings. The van der Waals surface area contributed by atoms with Gasteiger partial charge >= 0.3 is 0 Å². The van der Waals surface area contributed by atoms with Crippen molar-refractivity contribution in [1.82, 2.24) is 4.72 Å². The van der Waals surface area contributed by atoms with E-state index in [1.165, 1.54) is 17.7 Å². The first-order valence-electron chi connectivity index (χ1n) is 8.52. The minimum Gasteiger partial charge on any atom is -0.322 e. The molecule has 1 aliphatic carbocycles. The van der Waals surface area contributed by atoms with Gasteiger partial charge in [0.15, 0.2) is 0 Å². The Labute approximate surface area is 152 Å². The maximum absolute atomic E-state index is 13.7. The van der Waals surface area contributed by atoms with Gasteiger partial charge in [0, 0.05) is 0 Å². The number of benzene rings is 2. The summed E-state index contributed by atoms with van der Waals surface area (Å²) in [5.74, 6) is -1.20. The second-order valence-corrected chi connectivity index (χ2v) is 8.26. The summed E-state index contributed by atoms with van der Waals surface area (Å²) in [6, 6.07) is 9.40. The van der Waals surface area contributed by atoms with Gasteiger partial charge in [0.25, 0.3) is 0 Å². The van der Waals surface area contributed by atoms with E-state index in [1.807, 2.05) is 6.07 Å². The highest BCUT2D eigenvalue weighted by Crippen LogP contribution is 2.24. The van der Waals surface area contributed by atoms with E-state index in [4.69, 9.17) is 0 Å². The predicted molar refractivity (Wildman–Crippen MR) is 98.0 cm³/mol. The number of nitrogens with one attached hydrogen (secondary N) is 2. The molecule has 0 saturated heterocycles. The summed E-state index contributed by atoms with van der Waals surface area (Å²) in [6.45, 7) is 1.31. The van der Waals surface area contributed by atoms with E-state index in [1.54, 1.807) is 25.1 Å². The molecule has 0 heterocycles. The number of anilines is 1. The van der Waals surface area contributed by atoms with Gasteiger partial charge in [-0.1, -0.05) is 12.1 Å². The van der Waals surface area contributed by atoms with Crippen LogP contribution in [-0.2, 0) is 27.7 Å². The summed E-state index contributed by atoms with van der Waals surface area (Å²) in [5, 5.41) is 2.38. The summed E-state index contributed by atoms with van der Waals surface area (Å²) >= 11 is 0. The lowest BCUT2D eigenvalue weighted by atomic mass is 9.92. The first kappa shape index (κ1) is 18.5. The minimum atomic E-state index is -3.80. The average molecular weight is 376 g/mol. The Morgan fingerprint density at radius 3 is 2.58 bits per heavy atom. The van der Waals surface area contributed by atoms with Crippen molar-refractivity contribution in [1.29, 1.82) is 0 Å². The molecule has 0 spiro atoms. The van der Waals surface area contributed by atoms with Crippen LogP contribution in [0.2, 0.25) is 0 Å². The Bertz CT molecular complexity index is 942. The average Bonchev–Trinajstić information content (AvgIpc) is 2.63. The monoisotopic (exact) mass is 376 g/mol. The molecule has 0 saturated carbocycles. The van der Waals surface area contributed by atoms with Crippen molar-refractivity contribution in [3.8, 4) is 0 Å². The Kier molecular flexibility index (Phi) is 5.38. The standard InChI is InChI=1S/C19H21FN2O3S/c1-13-6-9-17(20)18(10-13)22-19(23)12-21-26(24,25)16-8-7-14-4-2-3-5-15(14)11-16/h6-11,21H,2-5,12H2,1H3,(H,22,23). The van der Waals surface area contributed by atoms with Crippen molar-refractivity contribution in [2.75, 3.05) is 11.9 Å². The summed E-state index contributed by atoms with van der Waals surface area (Å²) in [6.07, 6.45) is 4.00. The van der Waals surface area contributed by atoms with Crippen LogP contribution in [-0.4, -0.2) is 20.9 Å². The fourth-order valence-corrected chi connectivity index (χ4v) is 4.08. The van der Waals surface area contributed by atoms with Crippen LogP contribution < -0.4 is 10.0 Å². The Morgan fingerprint density at radius 2 is 1.81 bits per heavy atom. The molecule has 1 amide bonds. The molecule has 0 fully saturated rings. The number of aryl methyl sites for hydroxylation is 3. The maximum atomic E-state index is 13.7. The second kappa shape index (κ2) is 7.55. The van der Waals surface area contributed by atoms with Crippen molar-refractivity contribution in [3.63, 3.8) is 0 Å². The van der Waals surface area contributed by atoms with Gasteiger partial charge in [-0.15, -0.1) is 0 Å². The van der Waals surface area contributed by atoms with Crippen molar-refractivity contribution >= 4 is 21.6 Å². The zero-order chi connectivity index (χ0) is 18.7. The molecule has 0 atom stereocenters. The Morgan fingerprint density at radius 1 is 1.08 bits per heavy atom. The van der Waals surface area contributed by atoms with Crippen molar-refractivity contribution < 1.29 is 17.6 Å². The summed E-state index contributed by atoms with van der Waals surface area (Å²) in [4.78, 5) is 12.1. The van der Waals surface area contributed by atoms with Gasteiger partial charge in [-0.05, 0) is 73.6 Å². The normalized spacial score (nSPS) is 13.9. The van der Waals surface area contributed by atoms with Crippen molar-refractivity contribution in [3.05, 3.63) is 58.9 Å². The van der Waals surface area contributed by atoms with Gasteiger partial charge < -0.3 is 5.32 Å². The molecule has 0 aliphatic heterocycles. The lowest BCUT2D eigenvalue weighted by Crippen LogP contribution is -2.33. The fraction of sp³-hybridized carbons (Fsp3) is 0.316. The highest BCUT2D eigenvalue weighted by atomic mass is 32.2. The molecular formula is C19H21FN2O3S. The van der Waals surface area contributed by atoms with E-state index in [9.17, 15) is 17.6 Å². The fourth-order valence-electron chi connectivity index (χ4n) is 3.05. The lowest BCUT2D eigenvalue weighted by Gasteiger charge is -2.16. The Balaban J connectivity index is 1.66. The molecule has 0 radical (unpaired) electrons. The summed E-state index contributed by atoms with van der Waals surface area (Å²) < 4.78 is 40.8. The number of hydrogen-bond donors (Lipinski definition) is 2. The largest absolute Gasteiger partial charge is 0.322 e. The number of sulfonamides is 1. The van der Waals surface area contributed by atoms with Gasteiger partial charge in [-0.3, -0.25) is 4.79 Å². The third-order valence-corrected chi connectivity index (χ3v) is 5.85. The molecule has 0 bridgehead atoms. The van der Waals surface area contributed by atoms with E-state index in [2.05, 4.69) is 10.0 Å². The number of hydrogen-bond acceptors (Lipinski definition) is 3. The summed E-state index contributed by atoms with van der Waals surface area (Å²) in [7, 11) is -3.80. The van der Waals surface area contributed by atoms with Crippen LogP contribution >= 0.6 is 0 Å². The van der Waals surface area contributed by atoms with E-state index in [0.29, 0.717) is 0 Å². The van der Waals surface area contributed by atoms with E-state index < -0.39 is 28.3 Å². The second-order valence-electron chi connectivity index (χ2n) is 6.49. The van der Waals surface area contributed by atoms with Gasteiger partial charge in [0.1, 0.15) is 5.82 Å². The molecular weight excluding hydrogens is 355 g/mol. The molecule has 2 N–H and O–H groups in total. The number of fused-ring (bicyclic) bond motifs is 1. The van der Waals surface area contributed by atoms with Crippen LogP contribution in [0, 0.1) is 12.7 Å². The first-order chi connectivity index (χ1) is 12.3. The van der Waals surface area contributed by atoms with Crippen LogP contribution in [0.5, 0.6) is 0 Å². The molecule has 0 aromatic heterocycles. The maximum Gasteiger partial charge on any atom is 0.241 e. The van der Waals surface area contributed by atoms with E-state index in [0.717, 1.165) is 36.8 Å². The smallest absolute Gasteiger partial charge is 0.241 e. The first-order valence-corrected chi connectivity index (χ1v) is 10.0. The molecule has 5 nitrogen and oxygen atoms in total. The minimum absolute atomic E-state index is 0.0305. The molecule has 7 heteroatoms. The molecule has 2 aromatic carbocycles. The van der Waals surface area contributed by atoms with Gasteiger partial charge in [0.2, 0.25) is 15.9 Å². The Hall–Kier alpha value is -2.25. The van der Waals surface area contributed by atoms with Gasteiger partial charge in [-0.2, -0.15) is 0 Å². The topological polar surface area (TPSA) is 75.3 Å². The molecule has 3 rings (SSSR count). The van der Waals surface area contributed by atoms with Crippen molar-refractivity contribution in [2.24, 2.45) is 0 Å². The number of carbonyl (C=O) groups excluding carboxylic acids is 1. The zero-order valence-electron chi connectivity index (χ0n) is 14.5. The molecule has 138 valence electrons.